The van der Waals surface area contributed by atoms with E-state index in [1.165, 1.54) is 30.5 Å². The molecule has 1 aliphatic carbocycles. The quantitative estimate of drug-likeness (QED) is 0.809. The van der Waals surface area contributed by atoms with Gasteiger partial charge in [-0.15, -0.1) is 0 Å². The number of nitrogen functional groups attached to an aromatic ring is 1. The molecule has 0 radical (unpaired) electrons. The van der Waals surface area contributed by atoms with Gasteiger partial charge in [0.1, 0.15) is 5.82 Å². The van der Waals surface area contributed by atoms with Gasteiger partial charge in [-0.2, -0.15) is 5.10 Å². The first-order valence-electron chi connectivity index (χ1n) is 5.96. The van der Waals surface area contributed by atoms with Crippen LogP contribution in [-0.4, -0.2) is 9.78 Å². The standard InChI is InChI=1S/C12H21N3/c1-4-9-11(14-15(3)12(9)13)10-7-5-6-8(10)2/h8,10H,4-7,13H2,1-3H3. The average molecular weight is 207 g/mol. The van der Waals surface area contributed by atoms with Crippen LogP contribution in [0.25, 0.3) is 0 Å². The third-order valence-electron chi connectivity index (χ3n) is 3.79. The van der Waals surface area contributed by atoms with E-state index in [1.54, 1.807) is 0 Å². The van der Waals surface area contributed by atoms with E-state index in [0.717, 1.165) is 18.2 Å². The maximum absolute atomic E-state index is 6.03. The topological polar surface area (TPSA) is 43.8 Å². The third kappa shape index (κ3) is 1.64. The number of hydrogen-bond acceptors (Lipinski definition) is 2. The monoisotopic (exact) mass is 207 g/mol. The second-order valence-electron chi connectivity index (χ2n) is 4.74. The molecule has 2 atom stereocenters. The van der Waals surface area contributed by atoms with Crippen LogP contribution in [-0.2, 0) is 13.5 Å². The van der Waals surface area contributed by atoms with Gasteiger partial charge >= 0.3 is 0 Å². The van der Waals surface area contributed by atoms with Gasteiger partial charge in [-0.05, 0) is 18.8 Å². The summed E-state index contributed by atoms with van der Waals surface area (Å²) >= 11 is 0. The number of rotatable bonds is 2. The van der Waals surface area contributed by atoms with Crippen LogP contribution in [0.5, 0.6) is 0 Å². The van der Waals surface area contributed by atoms with Crippen molar-refractivity contribution in [2.75, 3.05) is 5.73 Å². The Hall–Kier alpha value is -0.990. The smallest absolute Gasteiger partial charge is 0.124 e. The fraction of sp³-hybridized carbons (Fsp3) is 0.750. The van der Waals surface area contributed by atoms with Crippen molar-refractivity contribution >= 4 is 5.82 Å². The van der Waals surface area contributed by atoms with Gasteiger partial charge in [-0.1, -0.05) is 26.7 Å². The molecule has 1 aromatic rings. The van der Waals surface area contributed by atoms with Gasteiger partial charge in [0, 0.05) is 18.5 Å². The molecule has 84 valence electrons. The molecule has 0 aromatic carbocycles. The van der Waals surface area contributed by atoms with Crippen LogP contribution < -0.4 is 5.73 Å². The summed E-state index contributed by atoms with van der Waals surface area (Å²) in [5.41, 5.74) is 8.57. The number of nitrogens with zero attached hydrogens (tertiary/aromatic N) is 2. The number of aryl methyl sites for hydroxylation is 1. The molecule has 2 unspecified atom stereocenters. The molecule has 1 aliphatic rings. The van der Waals surface area contributed by atoms with E-state index in [2.05, 4.69) is 18.9 Å². The first-order chi connectivity index (χ1) is 7.15. The second kappa shape index (κ2) is 3.87. The van der Waals surface area contributed by atoms with Crippen LogP contribution in [0.3, 0.4) is 0 Å². The van der Waals surface area contributed by atoms with Crippen molar-refractivity contribution in [3.05, 3.63) is 11.3 Å². The van der Waals surface area contributed by atoms with Gasteiger partial charge in [-0.3, -0.25) is 4.68 Å². The molecule has 1 aromatic heterocycles. The van der Waals surface area contributed by atoms with Gasteiger partial charge in [0.25, 0.3) is 0 Å². The zero-order valence-corrected chi connectivity index (χ0v) is 9.95. The number of nitrogens with two attached hydrogens (primary N) is 1. The van der Waals surface area contributed by atoms with Crippen molar-refractivity contribution < 1.29 is 0 Å². The van der Waals surface area contributed by atoms with Gasteiger partial charge in [0.15, 0.2) is 0 Å². The molecule has 1 saturated carbocycles. The lowest BCUT2D eigenvalue weighted by atomic mass is 9.91. The van der Waals surface area contributed by atoms with Crippen LogP contribution >= 0.6 is 0 Å². The maximum atomic E-state index is 6.03. The SMILES string of the molecule is CCc1c(C2CCCC2C)nn(C)c1N. The highest BCUT2D eigenvalue weighted by Crippen LogP contribution is 2.40. The lowest BCUT2D eigenvalue weighted by Gasteiger charge is -2.13. The number of hydrogen-bond donors (Lipinski definition) is 1. The summed E-state index contributed by atoms with van der Waals surface area (Å²) in [6, 6.07) is 0. The zero-order valence-electron chi connectivity index (χ0n) is 9.95. The Morgan fingerprint density at radius 3 is 2.73 bits per heavy atom. The fourth-order valence-electron chi connectivity index (χ4n) is 2.81. The molecule has 15 heavy (non-hydrogen) atoms. The van der Waals surface area contributed by atoms with Gasteiger partial charge < -0.3 is 5.73 Å². The van der Waals surface area contributed by atoms with E-state index in [1.807, 2.05) is 11.7 Å². The highest BCUT2D eigenvalue weighted by Gasteiger charge is 2.29. The molecule has 2 N–H and O–H groups in total. The van der Waals surface area contributed by atoms with E-state index in [9.17, 15) is 0 Å². The second-order valence-corrected chi connectivity index (χ2v) is 4.74. The molecule has 1 heterocycles. The summed E-state index contributed by atoms with van der Waals surface area (Å²) in [5, 5.41) is 4.61. The first kappa shape index (κ1) is 10.5. The molecule has 0 amide bonds. The maximum Gasteiger partial charge on any atom is 0.124 e. The number of anilines is 1. The Kier molecular flexibility index (Phi) is 2.72. The minimum Gasteiger partial charge on any atom is -0.384 e. The summed E-state index contributed by atoms with van der Waals surface area (Å²) in [6.45, 7) is 4.50. The van der Waals surface area contributed by atoms with Crippen LogP contribution in [0.15, 0.2) is 0 Å². The van der Waals surface area contributed by atoms with Crippen molar-refractivity contribution in [1.29, 1.82) is 0 Å². The molecule has 3 nitrogen and oxygen atoms in total. The summed E-state index contributed by atoms with van der Waals surface area (Å²) in [6.07, 6.45) is 4.96. The zero-order chi connectivity index (χ0) is 11.0. The Balaban J connectivity index is 2.38. The Labute approximate surface area is 91.7 Å². The van der Waals surface area contributed by atoms with E-state index in [-0.39, 0.29) is 0 Å². The number of aromatic nitrogens is 2. The highest BCUT2D eigenvalue weighted by molar-refractivity contribution is 5.45. The molecule has 3 heteroatoms. The summed E-state index contributed by atoms with van der Waals surface area (Å²) in [7, 11) is 1.94. The fourth-order valence-corrected chi connectivity index (χ4v) is 2.81. The van der Waals surface area contributed by atoms with Crippen LogP contribution in [0.2, 0.25) is 0 Å². The van der Waals surface area contributed by atoms with Gasteiger partial charge in [0.05, 0.1) is 5.69 Å². The molecule has 0 spiro atoms. The average Bonchev–Trinajstić information content (AvgIpc) is 2.73. The van der Waals surface area contributed by atoms with Crippen LogP contribution in [0.4, 0.5) is 5.82 Å². The molecule has 0 aliphatic heterocycles. The van der Waals surface area contributed by atoms with E-state index in [4.69, 9.17) is 5.73 Å². The summed E-state index contributed by atoms with van der Waals surface area (Å²) in [4.78, 5) is 0. The summed E-state index contributed by atoms with van der Waals surface area (Å²) in [5.74, 6) is 2.26. The van der Waals surface area contributed by atoms with Crippen molar-refractivity contribution in [3.8, 4) is 0 Å². The largest absolute Gasteiger partial charge is 0.384 e. The lowest BCUT2D eigenvalue weighted by molar-refractivity contribution is 0.513. The first-order valence-corrected chi connectivity index (χ1v) is 5.96. The van der Waals surface area contributed by atoms with Crippen molar-refractivity contribution in [1.82, 2.24) is 9.78 Å². The lowest BCUT2D eigenvalue weighted by Crippen LogP contribution is -2.05. The molecular weight excluding hydrogens is 186 g/mol. The Bertz CT molecular complexity index is 354. The van der Waals surface area contributed by atoms with E-state index >= 15 is 0 Å². The predicted octanol–water partition coefficient (Wildman–Crippen LogP) is 2.47. The Morgan fingerprint density at radius 2 is 2.20 bits per heavy atom. The van der Waals surface area contributed by atoms with Gasteiger partial charge in [-0.25, -0.2) is 0 Å². The Morgan fingerprint density at radius 1 is 1.47 bits per heavy atom. The molecular formula is C12H21N3. The van der Waals surface area contributed by atoms with Crippen molar-refractivity contribution in [2.24, 2.45) is 13.0 Å². The molecule has 0 bridgehead atoms. The third-order valence-corrected chi connectivity index (χ3v) is 3.79. The minimum absolute atomic E-state index is 0.642. The molecule has 2 rings (SSSR count). The van der Waals surface area contributed by atoms with Crippen LogP contribution in [0.1, 0.15) is 50.3 Å². The summed E-state index contributed by atoms with van der Waals surface area (Å²) < 4.78 is 1.83. The molecule has 0 saturated heterocycles. The van der Waals surface area contributed by atoms with Crippen LogP contribution in [0, 0.1) is 5.92 Å². The van der Waals surface area contributed by atoms with E-state index < -0.39 is 0 Å². The molecule has 1 fully saturated rings. The highest BCUT2D eigenvalue weighted by atomic mass is 15.3. The normalized spacial score (nSPS) is 26.1. The predicted molar refractivity (Wildman–Crippen MR) is 62.8 cm³/mol. The van der Waals surface area contributed by atoms with Crippen molar-refractivity contribution in [2.45, 2.75) is 45.4 Å². The van der Waals surface area contributed by atoms with Gasteiger partial charge in [0.2, 0.25) is 0 Å². The minimum atomic E-state index is 0.642. The van der Waals surface area contributed by atoms with Crippen molar-refractivity contribution in [3.63, 3.8) is 0 Å². The van der Waals surface area contributed by atoms with E-state index in [0.29, 0.717) is 5.92 Å².